The van der Waals surface area contributed by atoms with Crippen LogP contribution in [0.5, 0.6) is 0 Å². The summed E-state index contributed by atoms with van der Waals surface area (Å²) in [6, 6.07) is 13.8. The molecule has 1 aliphatic carbocycles. The van der Waals surface area contributed by atoms with Crippen LogP contribution >= 0.6 is 0 Å². The van der Waals surface area contributed by atoms with Crippen molar-refractivity contribution in [3.8, 4) is 0 Å². The van der Waals surface area contributed by atoms with E-state index < -0.39 is 11.0 Å². The fraction of sp³-hybridized carbons (Fsp3) is 0.424. The van der Waals surface area contributed by atoms with Crippen LogP contribution in [-0.4, -0.2) is 95.8 Å². The van der Waals surface area contributed by atoms with E-state index in [1.165, 1.54) is 4.90 Å². The zero-order valence-corrected chi connectivity index (χ0v) is 25.0. The summed E-state index contributed by atoms with van der Waals surface area (Å²) < 4.78 is 0. The van der Waals surface area contributed by atoms with E-state index in [4.69, 9.17) is 4.98 Å². The molecule has 2 atom stereocenters. The summed E-state index contributed by atoms with van der Waals surface area (Å²) in [6.07, 6.45) is 1.53. The van der Waals surface area contributed by atoms with Crippen LogP contribution in [0.2, 0.25) is 0 Å². The van der Waals surface area contributed by atoms with Gasteiger partial charge in [0.1, 0.15) is 5.54 Å². The predicted molar refractivity (Wildman–Crippen MR) is 164 cm³/mol. The Bertz CT molecular complexity index is 1780. The lowest BCUT2D eigenvalue weighted by Crippen LogP contribution is -2.50. The van der Waals surface area contributed by atoms with E-state index in [-0.39, 0.29) is 30.2 Å². The van der Waals surface area contributed by atoms with Crippen LogP contribution in [0, 0.1) is 0 Å². The van der Waals surface area contributed by atoms with Crippen LogP contribution < -0.4 is 15.5 Å². The molecule has 11 heteroatoms. The number of anilines is 2. The standard InChI is InChI=1S/C33H35N7O4/c1-37-8-10-39(11-9-37)28(42)17-32-16-27(41)35-24-4-3-5-26(29(24)32)40(19-32)18-23-7-6-20-12-21-14-33(15-22(21)13-25(20)34-23)30(43)36-31(44)38(33)2/h3-7,12-13H,8-11,14-19H2,1-2H3,(H,35,41)(H,36,43,44). The molecule has 5 heterocycles. The van der Waals surface area contributed by atoms with Gasteiger partial charge < -0.3 is 24.9 Å². The van der Waals surface area contributed by atoms with E-state index in [1.54, 1.807) is 7.05 Å². The Kier molecular flexibility index (Phi) is 5.84. The van der Waals surface area contributed by atoms with Crippen molar-refractivity contribution in [3.63, 3.8) is 0 Å². The maximum atomic E-state index is 13.6. The van der Waals surface area contributed by atoms with Crippen molar-refractivity contribution in [2.24, 2.45) is 0 Å². The van der Waals surface area contributed by atoms with Crippen molar-refractivity contribution in [2.45, 2.75) is 43.2 Å². The summed E-state index contributed by atoms with van der Waals surface area (Å²) in [5, 5.41) is 6.50. The number of urea groups is 1. The van der Waals surface area contributed by atoms with Crippen LogP contribution in [0.15, 0.2) is 42.5 Å². The average molecular weight is 594 g/mol. The second-order valence-electron chi connectivity index (χ2n) is 13.2. The van der Waals surface area contributed by atoms with Gasteiger partial charge in [0.2, 0.25) is 11.8 Å². The molecular weight excluding hydrogens is 558 g/mol. The van der Waals surface area contributed by atoms with Gasteiger partial charge in [-0.05, 0) is 48.5 Å². The summed E-state index contributed by atoms with van der Waals surface area (Å²) >= 11 is 0. The molecular formula is C33H35N7O4. The third-order valence-electron chi connectivity index (χ3n) is 10.5. The number of carbonyl (C=O) groups is 4. The van der Waals surface area contributed by atoms with Gasteiger partial charge >= 0.3 is 6.03 Å². The first kappa shape index (κ1) is 27.1. The Morgan fingerprint density at radius 2 is 1.70 bits per heavy atom. The monoisotopic (exact) mass is 593 g/mol. The van der Waals surface area contributed by atoms with E-state index in [0.717, 1.165) is 57.8 Å². The number of fused-ring (bicyclic) bond motifs is 2. The third kappa shape index (κ3) is 4.02. The van der Waals surface area contributed by atoms with Crippen LogP contribution in [0.1, 0.15) is 35.2 Å². The number of nitrogens with one attached hydrogen (secondary N) is 2. The number of hydrogen-bond donors (Lipinski definition) is 2. The van der Waals surface area contributed by atoms with Gasteiger partial charge in [-0.3, -0.25) is 24.7 Å². The zero-order valence-electron chi connectivity index (χ0n) is 25.0. The highest BCUT2D eigenvalue weighted by molar-refractivity contribution is 6.08. The van der Waals surface area contributed by atoms with E-state index in [2.05, 4.69) is 51.7 Å². The Morgan fingerprint density at radius 1 is 0.932 bits per heavy atom. The molecule has 226 valence electrons. The Labute approximate surface area is 255 Å². The van der Waals surface area contributed by atoms with E-state index in [9.17, 15) is 19.2 Å². The molecule has 2 N–H and O–H groups in total. The van der Waals surface area contributed by atoms with Gasteiger partial charge in [0.15, 0.2) is 0 Å². The highest BCUT2D eigenvalue weighted by Gasteiger charge is 2.54. The fourth-order valence-corrected chi connectivity index (χ4v) is 8.10. The van der Waals surface area contributed by atoms with E-state index in [0.29, 0.717) is 45.4 Å². The lowest BCUT2D eigenvalue weighted by Gasteiger charge is -2.38. The minimum Gasteiger partial charge on any atom is -0.364 e. The predicted octanol–water partition coefficient (Wildman–Crippen LogP) is 2.02. The third-order valence-corrected chi connectivity index (χ3v) is 10.5. The summed E-state index contributed by atoms with van der Waals surface area (Å²) in [6.45, 7) is 4.22. The van der Waals surface area contributed by atoms with E-state index >= 15 is 0 Å². The summed E-state index contributed by atoms with van der Waals surface area (Å²) in [5.41, 5.74) is 5.24. The van der Waals surface area contributed by atoms with Gasteiger partial charge in [0.25, 0.3) is 5.91 Å². The molecule has 5 amide bonds. The summed E-state index contributed by atoms with van der Waals surface area (Å²) in [5.74, 6) is -0.193. The van der Waals surface area contributed by atoms with Crippen LogP contribution in [-0.2, 0) is 39.2 Å². The molecule has 1 aromatic heterocycles. The normalized spacial score (nSPS) is 26.0. The number of rotatable bonds is 4. The minimum absolute atomic E-state index is 0.0542. The topological polar surface area (TPSA) is 118 Å². The molecule has 2 fully saturated rings. The Morgan fingerprint density at radius 3 is 2.45 bits per heavy atom. The molecule has 2 saturated heterocycles. The maximum absolute atomic E-state index is 13.6. The lowest BCUT2D eigenvalue weighted by molar-refractivity contribution is -0.134. The van der Waals surface area contributed by atoms with Crippen molar-refractivity contribution in [2.75, 3.05) is 57.0 Å². The number of hydrogen-bond acceptors (Lipinski definition) is 7. The molecule has 3 aromatic rings. The summed E-state index contributed by atoms with van der Waals surface area (Å²) in [7, 11) is 3.75. The highest BCUT2D eigenvalue weighted by Crippen LogP contribution is 2.52. The molecule has 2 aromatic carbocycles. The zero-order chi connectivity index (χ0) is 30.4. The van der Waals surface area contributed by atoms with Crippen LogP contribution in [0.3, 0.4) is 0 Å². The first-order chi connectivity index (χ1) is 21.1. The summed E-state index contributed by atoms with van der Waals surface area (Å²) in [4.78, 5) is 64.6. The number of amides is 5. The van der Waals surface area contributed by atoms with Gasteiger partial charge in [-0.25, -0.2) is 4.79 Å². The number of pyridine rings is 1. The van der Waals surface area contributed by atoms with E-state index in [1.807, 2.05) is 23.1 Å². The van der Waals surface area contributed by atoms with Crippen molar-refractivity contribution < 1.29 is 19.2 Å². The quantitative estimate of drug-likeness (QED) is 0.445. The molecule has 44 heavy (non-hydrogen) atoms. The average Bonchev–Trinajstić information content (AvgIpc) is 3.58. The highest BCUT2D eigenvalue weighted by atomic mass is 16.2. The van der Waals surface area contributed by atoms with Crippen molar-refractivity contribution in [1.82, 2.24) is 25.0 Å². The number of nitrogens with zero attached hydrogens (tertiary/aromatic N) is 5. The van der Waals surface area contributed by atoms with Gasteiger partial charge in [-0.15, -0.1) is 0 Å². The maximum Gasteiger partial charge on any atom is 0.324 e. The van der Waals surface area contributed by atoms with Gasteiger partial charge in [-0.2, -0.15) is 0 Å². The molecule has 0 radical (unpaired) electrons. The van der Waals surface area contributed by atoms with Gasteiger partial charge in [0.05, 0.1) is 17.8 Å². The van der Waals surface area contributed by atoms with Crippen molar-refractivity contribution in [3.05, 3.63) is 64.8 Å². The van der Waals surface area contributed by atoms with Gasteiger partial charge in [-0.1, -0.05) is 12.1 Å². The number of imide groups is 1. The Balaban J connectivity index is 1.09. The molecule has 1 spiro atoms. The molecule has 11 nitrogen and oxygen atoms in total. The lowest BCUT2D eigenvalue weighted by atomic mass is 9.73. The molecule has 4 aliphatic heterocycles. The molecule has 5 aliphatic rings. The van der Waals surface area contributed by atoms with Crippen molar-refractivity contribution in [1.29, 1.82) is 0 Å². The Hall–Kier alpha value is -4.51. The van der Waals surface area contributed by atoms with Crippen LogP contribution in [0.4, 0.5) is 16.2 Å². The number of carbonyl (C=O) groups excluding carboxylic acids is 4. The molecule has 2 unspecified atom stereocenters. The molecule has 8 rings (SSSR count). The number of piperazine rings is 1. The number of likely N-dealkylation sites (N-methyl/N-ethyl adjacent to an activating group) is 2. The van der Waals surface area contributed by atoms with Gasteiger partial charge in [0, 0.05) is 93.2 Å². The SMILES string of the molecule is CN1CCN(C(=O)CC23CC(=O)Nc4cccc(c42)N(Cc2ccc4cc5c(cc4n2)CC2(C5)C(=O)NC(=O)N2C)C3)CC1. The second-order valence-corrected chi connectivity index (χ2v) is 13.2. The second kappa shape index (κ2) is 9.49. The first-order valence-corrected chi connectivity index (χ1v) is 15.3. The first-order valence-electron chi connectivity index (χ1n) is 15.3. The van der Waals surface area contributed by atoms with Crippen LogP contribution in [0.25, 0.3) is 10.9 Å². The number of benzene rings is 2. The van der Waals surface area contributed by atoms with Crippen molar-refractivity contribution >= 4 is 46.0 Å². The minimum atomic E-state index is -0.876. The molecule has 0 saturated carbocycles. The fourth-order valence-electron chi connectivity index (χ4n) is 8.10. The molecule has 0 bridgehead atoms. The smallest absolute Gasteiger partial charge is 0.324 e. The number of aromatic nitrogens is 1. The largest absolute Gasteiger partial charge is 0.364 e.